The average Bonchev–Trinajstić information content (AvgIpc) is 2.21. The Hall–Kier alpha value is -0.0400. The quantitative estimate of drug-likeness (QED) is 0.531. The first-order valence-corrected chi connectivity index (χ1v) is 6.95. The van der Waals surface area contributed by atoms with Crippen molar-refractivity contribution in [2.45, 2.75) is 78.7 Å². The fraction of sp³-hybridized carbons (Fsp3) is 1.00. The van der Waals surface area contributed by atoms with E-state index in [1.54, 1.807) is 0 Å². The maximum absolute atomic E-state index is 3.66. The highest BCUT2D eigenvalue weighted by molar-refractivity contribution is 4.68. The molecule has 1 unspecified atom stereocenters. The van der Waals surface area contributed by atoms with E-state index in [2.05, 4.69) is 33.0 Å². The Bertz CT molecular complexity index is 121. The Morgan fingerprint density at radius 2 is 1.47 bits per heavy atom. The van der Waals surface area contributed by atoms with Crippen LogP contribution in [0.5, 0.6) is 0 Å². The molecule has 0 amide bonds. The fourth-order valence-electron chi connectivity index (χ4n) is 2.04. The zero-order valence-electron chi connectivity index (χ0n) is 11.3. The molecular formula is C14H31N. The summed E-state index contributed by atoms with van der Waals surface area (Å²) in [4.78, 5) is 0. The smallest absolute Gasteiger partial charge is 0.00874 e. The molecule has 0 spiro atoms. The molecule has 0 bridgehead atoms. The molecule has 1 nitrogen and oxygen atoms in total. The number of hydrogen-bond acceptors (Lipinski definition) is 1. The van der Waals surface area contributed by atoms with Gasteiger partial charge < -0.3 is 5.32 Å². The van der Waals surface area contributed by atoms with Gasteiger partial charge in [0.1, 0.15) is 0 Å². The Morgan fingerprint density at radius 3 is 2.00 bits per heavy atom. The standard InChI is InChI=1S/C14H31N/c1-5-7-8-9-10-11-12-15-14(6-2)13(3)4/h13-15H,5-12H2,1-4H3. The second-order valence-electron chi connectivity index (χ2n) is 4.98. The predicted octanol–water partition coefficient (Wildman–Crippen LogP) is 4.37. The van der Waals surface area contributed by atoms with E-state index < -0.39 is 0 Å². The monoisotopic (exact) mass is 213 g/mol. The van der Waals surface area contributed by atoms with Crippen LogP contribution in [0.4, 0.5) is 0 Å². The third-order valence-electron chi connectivity index (χ3n) is 3.18. The van der Waals surface area contributed by atoms with E-state index in [1.807, 2.05) is 0 Å². The lowest BCUT2D eigenvalue weighted by Gasteiger charge is -2.20. The highest BCUT2D eigenvalue weighted by atomic mass is 14.9. The molecule has 0 radical (unpaired) electrons. The Morgan fingerprint density at radius 1 is 0.867 bits per heavy atom. The first-order valence-electron chi connectivity index (χ1n) is 6.95. The molecule has 0 aromatic rings. The molecule has 0 aromatic heterocycles. The largest absolute Gasteiger partial charge is 0.314 e. The van der Waals surface area contributed by atoms with Crippen LogP contribution in [0.15, 0.2) is 0 Å². The number of unbranched alkanes of at least 4 members (excludes halogenated alkanes) is 5. The molecule has 0 rings (SSSR count). The van der Waals surface area contributed by atoms with Crippen LogP contribution in [0.25, 0.3) is 0 Å². The van der Waals surface area contributed by atoms with Crippen LogP contribution < -0.4 is 5.32 Å². The maximum Gasteiger partial charge on any atom is 0.00874 e. The molecule has 1 atom stereocenters. The highest BCUT2D eigenvalue weighted by Gasteiger charge is 2.08. The first kappa shape index (κ1) is 15.0. The van der Waals surface area contributed by atoms with Gasteiger partial charge in [-0.05, 0) is 25.3 Å². The molecule has 15 heavy (non-hydrogen) atoms. The second kappa shape index (κ2) is 10.5. The Kier molecular flexibility index (Phi) is 10.4. The summed E-state index contributed by atoms with van der Waals surface area (Å²) in [6, 6.07) is 0.723. The van der Waals surface area contributed by atoms with Gasteiger partial charge in [0.05, 0.1) is 0 Å². The molecule has 0 saturated heterocycles. The summed E-state index contributed by atoms with van der Waals surface area (Å²) < 4.78 is 0. The molecule has 0 aliphatic carbocycles. The lowest BCUT2D eigenvalue weighted by molar-refractivity contribution is 0.383. The van der Waals surface area contributed by atoms with Crippen molar-refractivity contribution in [3.8, 4) is 0 Å². The van der Waals surface area contributed by atoms with E-state index in [1.165, 1.54) is 51.5 Å². The predicted molar refractivity (Wildman–Crippen MR) is 70.3 cm³/mol. The average molecular weight is 213 g/mol. The summed E-state index contributed by atoms with van der Waals surface area (Å²) in [7, 11) is 0. The minimum Gasteiger partial charge on any atom is -0.314 e. The van der Waals surface area contributed by atoms with Crippen molar-refractivity contribution in [2.24, 2.45) is 5.92 Å². The van der Waals surface area contributed by atoms with Gasteiger partial charge in [-0.3, -0.25) is 0 Å². The van der Waals surface area contributed by atoms with E-state index in [0.29, 0.717) is 0 Å². The zero-order valence-corrected chi connectivity index (χ0v) is 11.3. The van der Waals surface area contributed by atoms with Gasteiger partial charge in [0, 0.05) is 6.04 Å². The molecule has 1 N–H and O–H groups in total. The normalized spacial score (nSPS) is 13.4. The highest BCUT2D eigenvalue weighted by Crippen LogP contribution is 2.07. The van der Waals surface area contributed by atoms with Crippen molar-refractivity contribution in [3.63, 3.8) is 0 Å². The van der Waals surface area contributed by atoms with Crippen LogP contribution in [-0.4, -0.2) is 12.6 Å². The van der Waals surface area contributed by atoms with Crippen molar-refractivity contribution in [1.82, 2.24) is 5.32 Å². The molecular weight excluding hydrogens is 182 g/mol. The molecule has 0 aliphatic rings. The number of rotatable bonds is 10. The lowest BCUT2D eigenvalue weighted by atomic mass is 10.0. The van der Waals surface area contributed by atoms with Crippen LogP contribution in [-0.2, 0) is 0 Å². The Balaban J connectivity index is 3.22. The summed E-state index contributed by atoms with van der Waals surface area (Å²) in [5.74, 6) is 0.773. The lowest BCUT2D eigenvalue weighted by Crippen LogP contribution is -2.33. The number of nitrogens with one attached hydrogen (secondary N) is 1. The van der Waals surface area contributed by atoms with E-state index in [0.717, 1.165) is 12.0 Å². The molecule has 0 aliphatic heterocycles. The minimum atomic E-state index is 0.723. The SMILES string of the molecule is CCCCCCCCNC(CC)C(C)C. The molecule has 92 valence electrons. The van der Waals surface area contributed by atoms with Gasteiger partial charge in [-0.2, -0.15) is 0 Å². The summed E-state index contributed by atoms with van der Waals surface area (Å²) in [6.45, 7) is 10.4. The van der Waals surface area contributed by atoms with E-state index in [4.69, 9.17) is 0 Å². The minimum absolute atomic E-state index is 0.723. The van der Waals surface area contributed by atoms with Crippen LogP contribution in [0.2, 0.25) is 0 Å². The van der Waals surface area contributed by atoms with Crippen molar-refractivity contribution < 1.29 is 0 Å². The van der Waals surface area contributed by atoms with Crippen LogP contribution in [0.3, 0.4) is 0 Å². The van der Waals surface area contributed by atoms with Crippen LogP contribution in [0, 0.1) is 5.92 Å². The van der Waals surface area contributed by atoms with Gasteiger partial charge in [0.15, 0.2) is 0 Å². The van der Waals surface area contributed by atoms with Gasteiger partial charge in [0.25, 0.3) is 0 Å². The van der Waals surface area contributed by atoms with Crippen molar-refractivity contribution in [3.05, 3.63) is 0 Å². The van der Waals surface area contributed by atoms with E-state index in [-0.39, 0.29) is 0 Å². The number of hydrogen-bond donors (Lipinski definition) is 1. The van der Waals surface area contributed by atoms with Crippen LogP contribution >= 0.6 is 0 Å². The van der Waals surface area contributed by atoms with Gasteiger partial charge in [-0.1, -0.05) is 59.8 Å². The molecule has 0 aromatic carbocycles. The first-order chi connectivity index (χ1) is 7.22. The van der Waals surface area contributed by atoms with Crippen molar-refractivity contribution >= 4 is 0 Å². The maximum atomic E-state index is 3.66. The van der Waals surface area contributed by atoms with Gasteiger partial charge in [-0.15, -0.1) is 0 Å². The molecule has 0 saturated carbocycles. The Labute approximate surface area is 97.0 Å². The summed E-state index contributed by atoms with van der Waals surface area (Å²) in [6.07, 6.45) is 9.63. The second-order valence-corrected chi connectivity index (χ2v) is 4.98. The van der Waals surface area contributed by atoms with Crippen molar-refractivity contribution in [2.75, 3.05) is 6.54 Å². The third kappa shape index (κ3) is 8.92. The topological polar surface area (TPSA) is 12.0 Å². The van der Waals surface area contributed by atoms with Gasteiger partial charge >= 0.3 is 0 Å². The summed E-state index contributed by atoms with van der Waals surface area (Å²) in [5, 5.41) is 3.66. The van der Waals surface area contributed by atoms with Gasteiger partial charge in [-0.25, -0.2) is 0 Å². The fourth-order valence-corrected chi connectivity index (χ4v) is 2.04. The molecule has 1 heteroatoms. The molecule has 0 heterocycles. The van der Waals surface area contributed by atoms with E-state index in [9.17, 15) is 0 Å². The third-order valence-corrected chi connectivity index (χ3v) is 3.18. The zero-order chi connectivity index (χ0) is 11.5. The van der Waals surface area contributed by atoms with E-state index >= 15 is 0 Å². The van der Waals surface area contributed by atoms with Crippen LogP contribution in [0.1, 0.15) is 72.6 Å². The van der Waals surface area contributed by atoms with Gasteiger partial charge in [0.2, 0.25) is 0 Å². The summed E-state index contributed by atoms with van der Waals surface area (Å²) >= 11 is 0. The van der Waals surface area contributed by atoms with Crippen molar-refractivity contribution in [1.29, 1.82) is 0 Å². The molecule has 0 fully saturated rings. The summed E-state index contributed by atoms with van der Waals surface area (Å²) in [5.41, 5.74) is 0.